The van der Waals surface area contributed by atoms with Crippen molar-refractivity contribution in [2.75, 3.05) is 13.1 Å². The third kappa shape index (κ3) is 3.75. The first kappa shape index (κ1) is 13.5. The molecule has 2 N–H and O–H groups in total. The fraction of sp³-hybridized carbons (Fsp3) is 0.462. The molecule has 0 aromatic heterocycles. The minimum absolute atomic E-state index is 0.0663. The first-order valence-electron chi connectivity index (χ1n) is 6.43. The highest BCUT2D eigenvalue weighted by molar-refractivity contribution is 5.94. The predicted octanol–water partition coefficient (Wildman–Crippen LogP) is 1.47. The van der Waals surface area contributed by atoms with Gasteiger partial charge in [0.05, 0.1) is 4.92 Å². The van der Waals surface area contributed by atoms with Gasteiger partial charge in [-0.05, 0) is 25.5 Å². The first-order valence-corrected chi connectivity index (χ1v) is 6.43. The smallest absolute Gasteiger partial charge is 0.270 e. The van der Waals surface area contributed by atoms with Crippen LogP contribution in [0.4, 0.5) is 5.69 Å². The topological polar surface area (TPSA) is 84.3 Å². The van der Waals surface area contributed by atoms with E-state index < -0.39 is 4.92 Å². The number of nitro groups is 1. The maximum atomic E-state index is 11.9. The van der Waals surface area contributed by atoms with Gasteiger partial charge in [-0.1, -0.05) is 12.5 Å². The second kappa shape index (κ2) is 6.29. The maximum Gasteiger partial charge on any atom is 0.270 e. The summed E-state index contributed by atoms with van der Waals surface area (Å²) in [6.07, 6.45) is 3.40. The highest BCUT2D eigenvalue weighted by atomic mass is 16.6. The number of piperidine rings is 1. The van der Waals surface area contributed by atoms with Crippen LogP contribution in [-0.4, -0.2) is 30.0 Å². The number of benzene rings is 1. The van der Waals surface area contributed by atoms with E-state index in [1.165, 1.54) is 31.0 Å². The van der Waals surface area contributed by atoms with Crippen molar-refractivity contribution in [1.82, 2.24) is 10.6 Å². The highest BCUT2D eigenvalue weighted by Gasteiger charge is 2.15. The van der Waals surface area contributed by atoms with Crippen LogP contribution in [0.1, 0.15) is 29.6 Å². The highest BCUT2D eigenvalue weighted by Crippen LogP contribution is 2.13. The van der Waals surface area contributed by atoms with Crippen molar-refractivity contribution < 1.29 is 9.72 Å². The molecule has 1 heterocycles. The van der Waals surface area contributed by atoms with E-state index in [0.717, 1.165) is 13.0 Å². The molecule has 1 aromatic carbocycles. The van der Waals surface area contributed by atoms with Gasteiger partial charge in [0.15, 0.2) is 0 Å². The monoisotopic (exact) mass is 263 g/mol. The molecule has 1 aliphatic heterocycles. The van der Waals surface area contributed by atoms with Gasteiger partial charge in [-0.15, -0.1) is 0 Å². The summed E-state index contributed by atoms with van der Waals surface area (Å²) < 4.78 is 0. The molecular weight excluding hydrogens is 246 g/mol. The summed E-state index contributed by atoms with van der Waals surface area (Å²) in [6, 6.07) is 6.07. The van der Waals surface area contributed by atoms with E-state index in [1.807, 2.05) is 0 Å². The summed E-state index contributed by atoms with van der Waals surface area (Å²) in [7, 11) is 0. The van der Waals surface area contributed by atoms with E-state index in [4.69, 9.17) is 0 Å². The molecule has 6 nitrogen and oxygen atoms in total. The Bertz CT molecular complexity index is 470. The van der Waals surface area contributed by atoms with Gasteiger partial charge in [0.25, 0.3) is 11.6 Å². The Hall–Kier alpha value is -1.95. The molecule has 1 aromatic rings. The second-order valence-corrected chi connectivity index (χ2v) is 4.66. The summed E-state index contributed by atoms with van der Waals surface area (Å²) in [5.74, 6) is -0.268. The van der Waals surface area contributed by atoms with Crippen molar-refractivity contribution in [2.45, 2.75) is 25.3 Å². The van der Waals surface area contributed by atoms with Crippen LogP contribution in [-0.2, 0) is 0 Å². The zero-order valence-electron chi connectivity index (χ0n) is 10.6. The van der Waals surface area contributed by atoms with Gasteiger partial charge < -0.3 is 10.6 Å². The molecule has 102 valence electrons. The first-order chi connectivity index (χ1) is 9.16. The Morgan fingerprint density at radius 2 is 2.32 bits per heavy atom. The summed E-state index contributed by atoms with van der Waals surface area (Å²) in [5, 5.41) is 16.8. The molecule has 6 heteroatoms. The third-order valence-electron chi connectivity index (χ3n) is 3.24. The molecule has 1 fully saturated rings. The fourth-order valence-corrected chi connectivity index (χ4v) is 2.18. The normalized spacial score (nSPS) is 18.8. The van der Waals surface area contributed by atoms with E-state index in [9.17, 15) is 14.9 Å². The fourth-order valence-electron chi connectivity index (χ4n) is 2.18. The van der Waals surface area contributed by atoms with Crippen LogP contribution in [0.5, 0.6) is 0 Å². The third-order valence-corrected chi connectivity index (χ3v) is 3.24. The van der Waals surface area contributed by atoms with Crippen molar-refractivity contribution in [1.29, 1.82) is 0 Å². The van der Waals surface area contributed by atoms with Crippen LogP contribution in [0.25, 0.3) is 0 Å². The van der Waals surface area contributed by atoms with Crippen LogP contribution in [0.3, 0.4) is 0 Å². The van der Waals surface area contributed by atoms with E-state index in [0.29, 0.717) is 18.2 Å². The molecule has 0 bridgehead atoms. The molecule has 2 rings (SSSR count). The number of carbonyl (C=O) groups is 1. The van der Waals surface area contributed by atoms with Gasteiger partial charge in [0.2, 0.25) is 0 Å². The van der Waals surface area contributed by atoms with Gasteiger partial charge in [-0.25, -0.2) is 0 Å². The van der Waals surface area contributed by atoms with Crippen molar-refractivity contribution >= 4 is 11.6 Å². The van der Waals surface area contributed by atoms with Gasteiger partial charge >= 0.3 is 0 Å². The number of nitro benzene ring substituents is 1. The number of nitrogens with zero attached hydrogens (tertiary/aromatic N) is 1. The lowest BCUT2D eigenvalue weighted by molar-refractivity contribution is -0.384. The summed E-state index contributed by atoms with van der Waals surface area (Å²) in [5.41, 5.74) is 0.258. The molecule has 0 saturated carbocycles. The largest absolute Gasteiger partial charge is 0.350 e. The van der Waals surface area contributed by atoms with Gasteiger partial charge in [0.1, 0.15) is 0 Å². The number of non-ortho nitro benzene ring substituents is 1. The Kier molecular flexibility index (Phi) is 4.46. The van der Waals surface area contributed by atoms with E-state index >= 15 is 0 Å². The second-order valence-electron chi connectivity index (χ2n) is 4.66. The number of hydrogen-bond acceptors (Lipinski definition) is 4. The van der Waals surface area contributed by atoms with Crippen molar-refractivity contribution in [3.63, 3.8) is 0 Å². The van der Waals surface area contributed by atoms with Crippen molar-refractivity contribution in [3.05, 3.63) is 39.9 Å². The number of hydrogen-bond donors (Lipinski definition) is 2. The molecule has 0 spiro atoms. The predicted molar refractivity (Wildman–Crippen MR) is 71.1 cm³/mol. The van der Waals surface area contributed by atoms with Crippen LogP contribution in [0.15, 0.2) is 24.3 Å². The maximum absolute atomic E-state index is 11.9. The molecule has 1 unspecified atom stereocenters. The Balaban J connectivity index is 1.92. The number of nitrogens with one attached hydrogen (secondary N) is 2. The number of amides is 1. The molecule has 1 amide bonds. The average molecular weight is 263 g/mol. The molecule has 1 atom stereocenters. The van der Waals surface area contributed by atoms with Crippen molar-refractivity contribution in [2.24, 2.45) is 0 Å². The van der Waals surface area contributed by atoms with Crippen LogP contribution in [0, 0.1) is 10.1 Å². The lowest BCUT2D eigenvalue weighted by Crippen LogP contribution is -2.43. The lowest BCUT2D eigenvalue weighted by Gasteiger charge is -2.23. The van der Waals surface area contributed by atoms with E-state index in [1.54, 1.807) is 6.07 Å². The summed E-state index contributed by atoms with van der Waals surface area (Å²) in [4.78, 5) is 22.0. The minimum atomic E-state index is -0.501. The average Bonchev–Trinajstić information content (AvgIpc) is 2.46. The van der Waals surface area contributed by atoms with Crippen molar-refractivity contribution in [3.8, 4) is 0 Å². The summed E-state index contributed by atoms with van der Waals surface area (Å²) >= 11 is 0. The molecular formula is C13H17N3O3. The standard InChI is InChI=1S/C13H17N3O3/c17-13(15-9-11-5-1-2-7-14-11)10-4-3-6-12(8-10)16(18)19/h3-4,6,8,11,14H,1-2,5,7,9H2,(H,15,17). The molecule has 0 aliphatic carbocycles. The van der Waals surface area contributed by atoms with E-state index in [-0.39, 0.29) is 11.6 Å². The Morgan fingerprint density at radius 3 is 3.00 bits per heavy atom. The van der Waals surface area contributed by atoms with Gasteiger partial charge in [-0.2, -0.15) is 0 Å². The van der Waals surface area contributed by atoms with Crippen LogP contribution < -0.4 is 10.6 Å². The van der Waals surface area contributed by atoms with Gasteiger partial charge in [-0.3, -0.25) is 14.9 Å². The zero-order valence-corrected chi connectivity index (χ0v) is 10.6. The SMILES string of the molecule is O=C(NCC1CCCCN1)c1cccc([N+](=O)[O-])c1. The molecule has 1 aliphatic rings. The van der Waals surface area contributed by atoms with Gasteiger partial charge in [0, 0.05) is 30.3 Å². The number of carbonyl (C=O) groups excluding carboxylic acids is 1. The molecule has 19 heavy (non-hydrogen) atoms. The molecule has 1 saturated heterocycles. The number of rotatable bonds is 4. The minimum Gasteiger partial charge on any atom is -0.350 e. The Morgan fingerprint density at radius 1 is 1.47 bits per heavy atom. The van der Waals surface area contributed by atoms with Crippen LogP contribution in [0.2, 0.25) is 0 Å². The Labute approximate surface area is 111 Å². The van der Waals surface area contributed by atoms with E-state index in [2.05, 4.69) is 10.6 Å². The summed E-state index contributed by atoms with van der Waals surface area (Å²) in [6.45, 7) is 1.54. The zero-order chi connectivity index (χ0) is 13.7. The van der Waals surface area contributed by atoms with Crippen LogP contribution >= 0.6 is 0 Å². The lowest BCUT2D eigenvalue weighted by atomic mass is 10.0. The quantitative estimate of drug-likeness (QED) is 0.636. The molecule has 0 radical (unpaired) electrons.